The van der Waals surface area contributed by atoms with Crippen molar-refractivity contribution in [2.24, 2.45) is 0 Å². The molecule has 1 N–H and O–H groups in total. The van der Waals surface area contributed by atoms with Gasteiger partial charge in [-0.1, -0.05) is 32.9 Å². The molecule has 0 aliphatic carbocycles. The number of anilines is 1. The van der Waals surface area contributed by atoms with Gasteiger partial charge in [-0.05, 0) is 36.5 Å². The first-order valence-electron chi connectivity index (χ1n) is 9.09. The van der Waals surface area contributed by atoms with Crippen molar-refractivity contribution in [2.75, 3.05) is 31.5 Å². The first-order valence-corrected chi connectivity index (χ1v) is 9.09. The van der Waals surface area contributed by atoms with Crippen LogP contribution in [0.4, 0.5) is 5.69 Å². The minimum atomic E-state index is -0.214. The summed E-state index contributed by atoms with van der Waals surface area (Å²) >= 11 is 0. The van der Waals surface area contributed by atoms with Crippen molar-refractivity contribution in [3.63, 3.8) is 0 Å². The maximum atomic E-state index is 12.6. The van der Waals surface area contributed by atoms with Crippen molar-refractivity contribution in [1.82, 2.24) is 9.80 Å². The van der Waals surface area contributed by atoms with Crippen LogP contribution in [0, 0.1) is 0 Å². The van der Waals surface area contributed by atoms with E-state index in [0.29, 0.717) is 6.54 Å². The van der Waals surface area contributed by atoms with Crippen molar-refractivity contribution < 1.29 is 9.59 Å². The second-order valence-corrected chi connectivity index (χ2v) is 7.89. The normalized spacial score (nSPS) is 17.7. The number of hydrogen-bond donors (Lipinski definition) is 1. The molecule has 1 aromatic carbocycles. The molecular weight excluding hydrogens is 314 g/mol. The topological polar surface area (TPSA) is 52.7 Å². The molecule has 138 valence electrons. The quantitative estimate of drug-likeness (QED) is 0.916. The number of benzene rings is 1. The van der Waals surface area contributed by atoms with Crippen LogP contribution in [-0.4, -0.2) is 53.8 Å². The molecule has 0 bridgehead atoms. The summed E-state index contributed by atoms with van der Waals surface area (Å²) in [6.07, 6.45) is 0.900. The van der Waals surface area contributed by atoms with Gasteiger partial charge in [0.15, 0.2) is 0 Å². The molecule has 1 aromatic rings. The molecule has 1 saturated heterocycles. The van der Waals surface area contributed by atoms with Gasteiger partial charge in [-0.25, -0.2) is 0 Å². The number of carbonyl (C=O) groups is 2. The maximum absolute atomic E-state index is 12.6. The summed E-state index contributed by atoms with van der Waals surface area (Å²) in [5.41, 5.74) is 2.17. The predicted octanol–water partition coefficient (Wildman–Crippen LogP) is 2.87. The van der Waals surface area contributed by atoms with Gasteiger partial charge >= 0.3 is 0 Å². The standard InChI is InChI=1S/C20H31N3O2/c1-15(22-11-6-12-23(14-13-22)16(2)24)19(25)21-18-9-7-17(8-10-18)20(3,4)5/h7-10,15H,6,11-14H2,1-5H3,(H,21,25)/t15-/m0/s1. The lowest BCUT2D eigenvalue weighted by Gasteiger charge is -2.27. The highest BCUT2D eigenvalue weighted by Crippen LogP contribution is 2.23. The number of hydrogen-bond acceptors (Lipinski definition) is 3. The summed E-state index contributed by atoms with van der Waals surface area (Å²) in [6.45, 7) is 13.1. The SMILES string of the molecule is CC(=O)N1CCCN([C@@H](C)C(=O)Nc2ccc(C(C)(C)C)cc2)CC1. The molecule has 0 spiro atoms. The molecule has 0 saturated carbocycles. The van der Waals surface area contributed by atoms with Crippen molar-refractivity contribution in [2.45, 2.75) is 52.5 Å². The van der Waals surface area contributed by atoms with Crippen LogP contribution in [0.2, 0.25) is 0 Å². The Balaban J connectivity index is 1.94. The third kappa shape index (κ3) is 5.30. The van der Waals surface area contributed by atoms with Crippen LogP contribution in [0.3, 0.4) is 0 Å². The van der Waals surface area contributed by atoms with Crippen molar-refractivity contribution in [3.05, 3.63) is 29.8 Å². The molecule has 0 unspecified atom stereocenters. The number of carbonyl (C=O) groups excluding carboxylic acids is 2. The van der Waals surface area contributed by atoms with Gasteiger partial charge in [0.2, 0.25) is 11.8 Å². The van der Waals surface area contributed by atoms with Crippen molar-refractivity contribution in [3.8, 4) is 0 Å². The van der Waals surface area contributed by atoms with Gasteiger partial charge in [0.1, 0.15) is 0 Å². The number of rotatable bonds is 3. The van der Waals surface area contributed by atoms with Crippen LogP contribution >= 0.6 is 0 Å². The Morgan fingerprint density at radius 3 is 2.24 bits per heavy atom. The molecule has 1 heterocycles. The molecule has 1 fully saturated rings. The van der Waals surface area contributed by atoms with Gasteiger partial charge in [-0.3, -0.25) is 14.5 Å². The highest BCUT2D eigenvalue weighted by Gasteiger charge is 2.25. The van der Waals surface area contributed by atoms with Crippen LogP contribution in [0.5, 0.6) is 0 Å². The van der Waals surface area contributed by atoms with E-state index in [-0.39, 0.29) is 23.3 Å². The number of nitrogens with zero attached hydrogens (tertiary/aromatic N) is 2. The van der Waals surface area contributed by atoms with Crippen LogP contribution in [-0.2, 0) is 15.0 Å². The monoisotopic (exact) mass is 345 g/mol. The van der Waals surface area contributed by atoms with E-state index < -0.39 is 0 Å². The third-order valence-corrected chi connectivity index (χ3v) is 4.92. The van der Waals surface area contributed by atoms with E-state index in [1.54, 1.807) is 6.92 Å². The molecular formula is C20H31N3O2. The van der Waals surface area contributed by atoms with Crippen molar-refractivity contribution in [1.29, 1.82) is 0 Å². The van der Waals surface area contributed by atoms with E-state index in [9.17, 15) is 9.59 Å². The largest absolute Gasteiger partial charge is 0.342 e. The molecule has 5 heteroatoms. The average molecular weight is 345 g/mol. The predicted molar refractivity (Wildman–Crippen MR) is 102 cm³/mol. The molecule has 1 atom stereocenters. The molecule has 0 radical (unpaired) electrons. The fourth-order valence-electron chi connectivity index (χ4n) is 3.11. The fraction of sp³-hybridized carbons (Fsp3) is 0.600. The molecule has 25 heavy (non-hydrogen) atoms. The van der Waals surface area contributed by atoms with E-state index in [1.807, 2.05) is 24.0 Å². The first kappa shape index (κ1) is 19.4. The van der Waals surface area contributed by atoms with Crippen LogP contribution in [0.25, 0.3) is 0 Å². The van der Waals surface area contributed by atoms with E-state index in [4.69, 9.17) is 0 Å². The zero-order valence-corrected chi connectivity index (χ0v) is 16.1. The van der Waals surface area contributed by atoms with Crippen LogP contribution < -0.4 is 5.32 Å². The summed E-state index contributed by atoms with van der Waals surface area (Å²) in [5.74, 6) is 0.109. The fourth-order valence-corrected chi connectivity index (χ4v) is 3.11. The van der Waals surface area contributed by atoms with Gasteiger partial charge < -0.3 is 10.2 Å². The molecule has 1 aliphatic rings. The van der Waals surface area contributed by atoms with E-state index in [1.165, 1.54) is 5.56 Å². The highest BCUT2D eigenvalue weighted by atomic mass is 16.2. The molecule has 1 aliphatic heterocycles. The Hall–Kier alpha value is -1.88. The molecule has 0 aromatic heterocycles. The highest BCUT2D eigenvalue weighted by molar-refractivity contribution is 5.94. The number of nitrogens with one attached hydrogen (secondary N) is 1. The first-order chi connectivity index (χ1) is 11.7. The third-order valence-electron chi connectivity index (χ3n) is 4.92. The zero-order valence-electron chi connectivity index (χ0n) is 16.1. The lowest BCUT2D eigenvalue weighted by atomic mass is 9.87. The van der Waals surface area contributed by atoms with Crippen LogP contribution in [0.1, 0.15) is 46.6 Å². The second kappa shape index (κ2) is 8.00. The minimum Gasteiger partial charge on any atom is -0.342 e. The van der Waals surface area contributed by atoms with Gasteiger partial charge in [0.25, 0.3) is 0 Å². The summed E-state index contributed by atoms with van der Waals surface area (Å²) in [7, 11) is 0. The lowest BCUT2D eigenvalue weighted by molar-refractivity contribution is -0.128. The Kier molecular flexibility index (Phi) is 6.22. The second-order valence-electron chi connectivity index (χ2n) is 7.89. The van der Waals surface area contributed by atoms with Gasteiger partial charge in [-0.15, -0.1) is 0 Å². The average Bonchev–Trinajstić information content (AvgIpc) is 2.80. The van der Waals surface area contributed by atoms with Gasteiger partial charge in [0.05, 0.1) is 6.04 Å². The molecule has 5 nitrogen and oxygen atoms in total. The van der Waals surface area contributed by atoms with E-state index in [2.05, 4.69) is 43.1 Å². The Morgan fingerprint density at radius 2 is 1.68 bits per heavy atom. The Labute approximate surface area is 151 Å². The Bertz CT molecular complexity index is 604. The van der Waals surface area contributed by atoms with Gasteiger partial charge in [-0.2, -0.15) is 0 Å². The smallest absolute Gasteiger partial charge is 0.241 e. The molecule has 2 amide bonds. The van der Waals surface area contributed by atoms with E-state index in [0.717, 1.165) is 31.7 Å². The summed E-state index contributed by atoms with van der Waals surface area (Å²) < 4.78 is 0. The Morgan fingerprint density at radius 1 is 1.04 bits per heavy atom. The summed E-state index contributed by atoms with van der Waals surface area (Å²) in [5, 5.41) is 3.01. The number of amides is 2. The minimum absolute atomic E-state index is 0.000200. The summed E-state index contributed by atoms with van der Waals surface area (Å²) in [6, 6.07) is 7.85. The zero-order chi connectivity index (χ0) is 18.6. The van der Waals surface area contributed by atoms with Gasteiger partial charge in [0, 0.05) is 38.8 Å². The summed E-state index contributed by atoms with van der Waals surface area (Å²) in [4.78, 5) is 28.1. The molecule has 2 rings (SSSR count). The van der Waals surface area contributed by atoms with Crippen LogP contribution in [0.15, 0.2) is 24.3 Å². The van der Waals surface area contributed by atoms with E-state index >= 15 is 0 Å². The maximum Gasteiger partial charge on any atom is 0.241 e. The lowest BCUT2D eigenvalue weighted by Crippen LogP contribution is -2.44. The van der Waals surface area contributed by atoms with Crippen molar-refractivity contribution >= 4 is 17.5 Å².